The lowest BCUT2D eigenvalue weighted by Crippen LogP contribution is -3.00. The van der Waals surface area contributed by atoms with Crippen molar-refractivity contribution >= 4 is 0 Å². The molecule has 0 bridgehead atoms. The molecule has 2 rings (SSSR count). The van der Waals surface area contributed by atoms with Gasteiger partial charge in [-0.15, -0.1) is 10.2 Å². The van der Waals surface area contributed by atoms with E-state index in [0.717, 1.165) is 0 Å². The summed E-state index contributed by atoms with van der Waals surface area (Å²) in [5.74, 6) is 0. The van der Waals surface area contributed by atoms with Gasteiger partial charge in [-0.3, -0.25) is 0 Å². The van der Waals surface area contributed by atoms with Gasteiger partial charge in [0.2, 0.25) is 0 Å². The Hall–Kier alpha value is -0.880. The second-order valence-electron chi connectivity index (χ2n) is 1.92. The molecule has 0 fully saturated rings. The molecule has 0 radical (unpaired) electrons. The first-order valence-corrected chi connectivity index (χ1v) is 3.54. The summed E-state index contributed by atoms with van der Waals surface area (Å²) in [6.45, 7) is 0. The Kier molecular flexibility index (Phi) is 13.5. The largest absolute Gasteiger partial charge is 1.00 e. The van der Waals surface area contributed by atoms with Crippen LogP contribution >= 0.6 is 0 Å². The van der Waals surface area contributed by atoms with E-state index in [4.69, 9.17) is 0 Å². The first kappa shape index (κ1) is 15.6. The van der Waals surface area contributed by atoms with Crippen LogP contribution in [0.15, 0.2) is 49.1 Å². The lowest BCUT2D eigenvalue weighted by molar-refractivity contribution is -0.455. The van der Waals surface area contributed by atoms with Crippen molar-refractivity contribution in [2.24, 2.45) is 0 Å². The molecule has 0 aliphatic carbocycles. The van der Waals surface area contributed by atoms with Gasteiger partial charge in [0.25, 0.3) is 0 Å². The Morgan fingerprint density at radius 1 is 0.643 bits per heavy atom. The lowest BCUT2D eigenvalue weighted by Gasteiger charge is -1.61. The summed E-state index contributed by atoms with van der Waals surface area (Å²) in [5, 5.41) is 12.6. The maximum absolute atomic E-state index is 3.66. The molecule has 0 saturated heterocycles. The van der Waals surface area contributed by atoms with Gasteiger partial charge >= 0.3 is 0 Å². The van der Waals surface area contributed by atoms with Crippen molar-refractivity contribution in [2.75, 3.05) is 0 Å². The number of aromatic amines is 2. The zero-order valence-electron chi connectivity index (χ0n) is 7.27. The fraction of sp³-hybridized carbons (Fsp3) is 0. The predicted octanol–water partition coefficient (Wildman–Crippen LogP) is -6.20. The van der Waals surface area contributed by atoms with E-state index >= 15 is 0 Å². The van der Waals surface area contributed by atoms with Crippen molar-refractivity contribution in [1.82, 2.24) is 10.2 Å². The van der Waals surface area contributed by atoms with Gasteiger partial charge in [-0.2, -0.15) is 0 Å². The normalized spacial score (nSPS) is 6.86. The topological polar surface area (TPSA) is 54.1 Å². The molecule has 4 nitrogen and oxygen atoms in total. The van der Waals surface area contributed by atoms with Crippen LogP contribution in [0.1, 0.15) is 0 Å². The van der Waals surface area contributed by atoms with E-state index < -0.39 is 0 Å². The molecule has 6 heteroatoms. The Morgan fingerprint density at radius 2 is 1.07 bits per heavy atom. The summed E-state index contributed by atoms with van der Waals surface area (Å²) in [4.78, 5) is 0. The molecule has 2 aromatic heterocycles. The van der Waals surface area contributed by atoms with Crippen LogP contribution in [0.5, 0.6) is 0 Å². The zero-order valence-corrected chi connectivity index (χ0v) is 10.4. The number of nitrogens with one attached hydrogen (secondary N) is 2. The molecule has 14 heavy (non-hydrogen) atoms. The van der Waals surface area contributed by atoms with E-state index in [1.807, 2.05) is 24.3 Å². The first-order chi connectivity index (χ1) is 6.00. The molecule has 2 N–H and O–H groups in total. The molecule has 2 aromatic rings. The summed E-state index contributed by atoms with van der Waals surface area (Å²) < 4.78 is 0. The molecule has 2 heterocycles. The van der Waals surface area contributed by atoms with Crippen LogP contribution in [0.2, 0.25) is 0 Å². The average molecular weight is 322 g/mol. The fourth-order valence-corrected chi connectivity index (χ4v) is 0.555. The second-order valence-corrected chi connectivity index (χ2v) is 1.92. The first-order valence-electron chi connectivity index (χ1n) is 3.54. The maximum atomic E-state index is 3.66. The number of halogens is 2. The molecule has 0 atom stereocenters. The summed E-state index contributed by atoms with van der Waals surface area (Å²) in [6, 6.07) is 7.48. The minimum atomic E-state index is 0. The quantitative estimate of drug-likeness (QED) is 0.485. The van der Waals surface area contributed by atoms with Gasteiger partial charge < -0.3 is 34.0 Å². The van der Waals surface area contributed by atoms with Gasteiger partial charge in [-0.05, 0) is 22.3 Å². The van der Waals surface area contributed by atoms with Gasteiger partial charge in [-0.25, -0.2) is 0 Å². The monoisotopic (exact) mass is 320 g/mol. The predicted molar refractivity (Wildman–Crippen MR) is 41.6 cm³/mol. The molecule has 76 valence electrons. The Bertz CT molecular complexity index is 195. The van der Waals surface area contributed by atoms with Crippen LogP contribution in [0.25, 0.3) is 0 Å². The third-order valence-corrected chi connectivity index (χ3v) is 1.03. The highest BCUT2D eigenvalue weighted by Gasteiger charge is 1.67. The minimum absolute atomic E-state index is 0. The van der Waals surface area contributed by atoms with Crippen LogP contribution in [-0.4, -0.2) is 10.2 Å². The van der Waals surface area contributed by atoms with Crippen molar-refractivity contribution in [2.45, 2.75) is 0 Å². The molecule has 0 spiro atoms. The molecule has 0 aromatic carbocycles. The molecule has 0 saturated carbocycles. The minimum Gasteiger partial charge on any atom is -1.00 e. The second kappa shape index (κ2) is 12.1. The van der Waals surface area contributed by atoms with Crippen LogP contribution in [-0.2, 0) is 0 Å². The zero-order chi connectivity index (χ0) is 8.49. The van der Waals surface area contributed by atoms with Gasteiger partial charge in [0.15, 0.2) is 12.4 Å². The van der Waals surface area contributed by atoms with E-state index in [1.165, 1.54) is 0 Å². The average Bonchev–Trinajstić information content (AvgIpc) is 2.24. The van der Waals surface area contributed by atoms with Crippen molar-refractivity contribution in [1.29, 1.82) is 0 Å². The van der Waals surface area contributed by atoms with E-state index in [9.17, 15) is 0 Å². The van der Waals surface area contributed by atoms with Crippen LogP contribution in [0.3, 0.4) is 0 Å². The van der Waals surface area contributed by atoms with Gasteiger partial charge in [0, 0.05) is 12.1 Å². The number of H-pyrrole nitrogens is 2. The van der Waals surface area contributed by atoms with Crippen LogP contribution in [0, 0.1) is 0 Å². The van der Waals surface area contributed by atoms with Crippen LogP contribution < -0.4 is 44.2 Å². The highest BCUT2D eigenvalue weighted by Crippen LogP contribution is 1.64. The van der Waals surface area contributed by atoms with Gasteiger partial charge in [0.05, 0.1) is 12.4 Å². The van der Waals surface area contributed by atoms with Crippen molar-refractivity contribution in [3.63, 3.8) is 0 Å². The highest BCUT2D eigenvalue weighted by molar-refractivity contribution is 4.76. The smallest absolute Gasteiger partial charge is 0.193 e. The molecule has 0 aliphatic heterocycles. The number of hydrogen-bond acceptors (Lipinski definition) is 2. The number of nitrogens with zero attached hydrogens (tertiary/aromatic N) is 2. The lowest BCUT2D eigenvalue weighted by atomic mass is 10.6. The Morgan fingerprint density at radius 3 is 1.14 bits per heavy atom. The van der Waals surface area contributed by atoms with Crippen molar-refractivity contribution in [3.05, 3.63) is 49.1 Å². The highest BCUT2D eigenvalue weighted by atomic mass is 79.9. The summed E-state index contributed by atoms with van der Waals surface area (Å²) in [7, 11) is 0. The van der Waals surface area contributed by atoms with E-state index in [1.54, 1.807) is 24.8 Å². The summed E-state index contributed by atoms with van der Waals surface area (Å²) in [6.07, 6.45) is 6.92. The third kappa shape index (κ3) is 9.21. The summed E-state index contributed by atoms with van der Waals surface area (Å²) >= 11 is 0. The van der Waals surface area contributed by atoms with Gasteiger partial charge in [-0.1, -0.05) is 0 Å². The van der Waals surface area contributed by atoms with E-state index in [0.29, 0.717) is 0 Å². The summed E-state index contributed by atoms with van der Waals surface area (Å²) in [5.41, 5.74) is 0. The fourth-order valence-electron chi connectivity index (χ4n) is 0.555. The Balaban J connectivity index is 0. The maximum Gasteiger partial charge on any atom is 0.193 e. The van der Waals surface area contributed by atoms with Crippen molar-refractivity contribution < 1.29 is 44.2 Å². The molecular formula is C8H10Br2N4. The number of hydrogen-bond donors (Lipinski definition) is 0. The molecule has 0 aliphatic rings. The molecule has 0 unspecified atom stereocenters. The third-order valence-electron chi connectivity index (χ3n) is 1.03. The van der Waals surface area contributed by atoms with E-state index in [2.05, 4.69) is 20.4 Å². The number of rotatable bonds is 0. The molecule has 0 amide bonds. The SMILES string of the molecule is [Br-].[Br-].c1cc[nH+]nc1.c1cc[nH+]nc1. The van der Waals surface area contributed by atoms with Crippen LogP contribution in [0.4, 0.5) is 0 Å². The molecular weight excluding hydrogens is 312 g/mol. The van der Waals surface area contributed by atoms with Crippen molar-refractivity contribution in [3.8, 4) is 0 Å². The number of aromatic nitrogens is 4. The van der Waals surface area contributed by atoms with Gasteiger partial charge in [0.1, 0.15) is 0 Å². The standard InChI is InChI=1S/2C4H4N2.2BrH/c2*1-2-4-6-5-3-1;;/h2*1-4H;2*1H. The van der Waals surface area contributed by atoms with E-state index in [-0.39, 0.29) is 34.0 Å². The Labute approximate surface area is 103 Å².